The summed E-state index contributed by atoms with van der Waals surface area (Å²) < 4.78 is 0. The van der Waals surface area contributed by atoms with Gasteiger partial charge in [-0.1, -0.05) is 44.6 Å². The van der Waals surface area contributed by atoms with Crippen molar-refractivity contribution in [2.75, 3.05) is 0 Å². The molecule has 0 radical (unpaired) electrons. The number of fused-ring (bicyclic) bond motifs is 1. The molecule has 0 aromatic rings. The smallest absolute Gasteiger partial charge is 0.259 e. The van der Waals surface area contributed by atoms with Crippen molar-refractivity contribution in [2.45, 2.75) is 59.1 Å². The summed E-state index contributed by atoms with van der Waals surface area (Å²) in [6.45, 7) is 7.63. The lowest BCUT2D eigenvalue weighted by Crippen LogP contribution is -2.45. The molecular formula is C22H31NO4. The lowest BCUT2D eigenvalue weighted by molar-refractivity contribution is -0.118. The first-order valence-electron chi connectivity index (χ1n) is 9.99. The van der Waals surface area contributed by atoms with Gasteiger partial charge in [0.25, 0.3) is 5.91 Å². The zero-order chi connectivity index (χ0) is 19.9. The van der Waals surface area contributed by atoms with Crippen molar-refractivity contribution in [3.8, 4) is 0 Å². The molecule has 1 aliphatic heterocycles. The van der Waals surface area contributed by atoms with Crippen molar-refractivity contribution in [3.63, 3.8) is 0 Å². The monoisotopic (exact) mass is 373 g/mol. The minimum atomic E-state index is -1.000. The van der Waals surface area contributed by atoms with Crippen LogP contribution >= 0.6 is 0 Å². The van der Waals surface area contributed by atoms with Crippen LogP contribution in [0.2, 0.25) is 0 Å². The van der Waals surface area contributed by atoms with Crippen molar-refractivity contribution in [1.29, 1.82) is 0 Å². The minimum absolute atomic E-state index is 0.0872. The molecule has 2 fully saturated rings. The molecule has 3 aliphatic rings. The van der Waals surface area contributed by atoms with E-state index in [9.17, 15) is 19.8 Å². The van der Waals surface area contributed by atoms with Crippen molar-refractivity contribution >= 4 is 11.7 Å². The molecule has 5 heteroatoms. The van der Waals surface area contributed by atoms with Crippen molar-refractivity contribution in [3.05, 3.63) is 35.6 Å². The predicted molar refractivity (Wildman–Crippen MR) is 104 cm³/mol. The Morgan fingerprint density at radius 2 is 2.04 bits per heavy atom. The second-order valence-corrected chi connectivity index (χ2v) is 8.69. The standard InChI is InChI=1S/C22H31NO4/c1-5-6-15-9-8-14-11-12(2)7-10-16(14)22(15,4)20(26)17-19(25)18(13(3)24)23-21(17)27/h5-6,8-9,12-16,18,24,26H,7,10-11H2,1-4H3,(H,23,27)/b6-5+,20-17+/t12-,13?,14-,15-,16-,18+,22-/m1/s1. The Kier molecular flexibility index (Phi) is 5.35. The van der Waals surface area contributed by atoms with Crippen LogP contribution in [0.5, 0.6) is 0 Å². The van der Waals surface area contributed by atoms with Gasteiger partial charge in [-0.2, -0.15) is 0 Å². The Morgan fingerprint density at radius 1 is 1.33 bits per heavy atom. The molecule has 1 amide bonds. The zero-order valence-electron chi connectivity index (χ0n) is 16.6. The second kappa shape index (κ2) is 7.27. The van der Waals surface area contributed by atoms with Crippen molar-refractivity contribution < 1.29 is 19.8 Å². The highest BCUT2D eigenvalue weighted by Crippen LogP contribution is 2.56. The molecule has 3 rings (SSSR count). The molecule has 1 unspecified atom stereocenters. The molecule has 148 valence electrons. The highest BCUT2D eigenvalue weighted by atomic mass is 16.3. The van der Waals surface area contributed by atoms with E-state index in [-0.39, 0.29) is 23.2 Å². The molecule has 0 spiro atoms. The normalized spacial score (nSPS) is 42.2. The van der Waals surface area contributed by atoms with Crippen LogP contribution < -0.4 is 5.32 Å². The highest BCUT2D eigenvalue weighted by Gasteiger charge is 2.53. The highest BCUT2D eigenvalue weighted by molar-refractivity contribution is 6.27. The first kappa shape index (κ1) is 19.9. The quantitative estimate of drug-likeness (QED) is 0.307. The van der Waals surface area contributed by atoms with Crippen LogP contribution in [0.3, 0.4) is 0 Å². The second-order valence-electron chi connectivity index (χ2n) is 8.69. The van der Waals surface area contributed by atoms with Gasteiger partial charge in [0.2, 0.25) is 0 Å². The number of ketones is 1. The average Bonchev–Trinajstić information content (AvgIpc) is 2.91. The largest absolute Gasteiger partial charge is 0.511 e. The number of nitrogens with one attached hydrogen (secondary N) is 1. The van der Waals surface area contributed by atoms with Gasteiger partial charge in [-0.05, 0) is 44.4 Å². The van der Waals surface area contributed by atoms with E-state index in [1.807, 2.05) is 26.0 Å². The molecule has 1 heterocycles. The summed E-state index contributed by atoms with van der Waals surface area (Å²) in [7, 11) is 0. The number of carbonyl (C=O) groups excluding carboxylic acids is 2. The third-order valence-corrected chi connectivity index (χ3v) is 6.86. The van der Waals surface area contributed by atoms with Crippen LogP contribution in [-0.4, -0.2) is 34.0 Å². The average molecular weight is 373 g/mol. The number of amides is 1. The molecule has 0 aromatic carbocycles. The molecule has 1 saturated carbocycles. The predicted octanol–water partition coefficient (Wildman–Crippen LogP) is 3.07. The molecule has 3 N–H and O–H groups in total. The van der Waals surface area contributed by atoms with Crippen molar-refractivity contribution in [2.24, 2.45) is 29.1 Å². The van der Waals surface area contributed by atoms with Crippen LogP contribution in [0.1, 0.15) is 47.0 Å². The van der Waals surface area contributed by atoms with Gasteiger partial charge < -0.3 is 15.5 Å². The molecule has 0 aromatic heterocycles. The summed E-state index contributed by atoms with van der Waals surface area (Å²) in [5.74, 6) is -0.179. The first-order valence-corrected chi connectivity index (χ1v) is 9.99. The van der Waals surface area contributed by atoms with Crippen LogP contribution in [0.25, 0.3) is 0 Å². The Hall–Kier alpha value is -1.88. The molecule has 1 saturated heterocycles. The maximum atomic E-state index is 12.8. The van der Waals surface area contributed by atoms with E-state index >= 15 is 0 Å². The lowest BCUT2D eigenvalue weighted by Gasteiger charge is -2.50. The summed E-state index contributed by atoms with van der Waals surface area (Å²) in [6, 6.07) is -0.986. The lowest BCUT2D eigenvalue weighted by atomic mass is 9.54. The van der Waals surface area contributed by atoms with Gasteiger partial charge in [0.05, 0.1) is 6.10 Å². The van der Waals surface area contributed by atoms with Gasteiger partial charge in [0, 0.05) is 11.3 Å². The van der Waals surface area contributed by atoms with E-state index in [0.717, 1.165) is 19.3 Å². The number of carbonyl (C=O) groups is 2. The van der Waals surface area contributed by atoms with E-state index in [2.05, 4.69) is 24.4 Å². The van der Waals surface area contributed by atoms with Gasteiger partial charge in [-0.25, -0.2) is 0 Å². The van der Waals surface area contributed by atoms with Gasteiger partial charge >= 0.3 is 0 Å². The van der Waals surface area contributed by atoms with E-state index in [0.29, 0.717) is 11.8 Å². The number of Topliss-reactive ketones (excluding diaryl/α,β-unsaturated/α-hetero) is 1. The molecule has 7 atom stereocenters. The summed E-state index contributed by atoms with van der Waals surface area (Å²) in [5, 5.41) is 23.7. The van der Waals surface area contributed by atoms with Crippen LogP contribution in [0.4, 0.5) is 0 Å². The van der Waals surface area contributed by atoms with Gasteiger partial charge in [-0.15, -0.1) is 0 Å². The van der Waals surface area contributed by atoms with Crippen LogP contribution in [-0.2, 0) is 9.59 Å². The SMILES string of the molecule is C/C=C/[C@@H]1C=C[C@@H]2C[C@H](C)CC[C@H]2[C@]1(C)/C(O)=C1\C(=O)N[C@@H](C(C)O)C1=O. The van der Waals surface area contributed by atoms with Gasteiger partial charge in [0.1, 0.15) is 17.4 Å². The Labute approximate surface area is 161 Å². The van der Waals surface area contributed by atoms with Gasteiger partial charge in [0.15, 0.2) is 5.78 Å². The minimum Gasteiger partial charge on any atom is -0.511 e. The van der Waals surface area contributed by atoms with Crippen LogP contribution in [0.15, 0.2) is 35.6 Å². The van der Waals surface area contributed by atoms with Crippen LogP contribution in [0, 0.1) is 29.1 Å². The molecule has 0 bridgehead atoms. The fraction of sp³-hybridized carbons (Fsp3) is 0.636. The Morgan fingerprint density at radius 3 is 2.63 bits per heavy atom. The zero-order valence-corrected chi connectivity index (χ0v) is 16.6. The number of aliphatic hydroxyl groups excluding tert-OH is 2. The summed E-state index contributed by atoms with van der Waals surface area (Å²) >= 11 is 0. The number of allylic oxidation sites excluding steroid dienone is 5. The number of hydrogen-bond acceptors (Lipinski definition) is 4. The molecule has 27 heavy (non-hydrogen) atoms. The first-order chi connectivity index (χ1) is 12.7. The third kappa shape index (κ3) is 3.16. The fourth-order valence-corrected chi connectivity index (χ4v) is 5.28. The number of aliphatic hydroxyl groups is 2. The van der Waals surface area contributed by atoms with Crippen molar-refractivity contribution in [1.82, 2.24) is 5.32 Å². The van der Waals surface area contributed by atoms with Gasteiger partial charge in [-0.3, -0.25) is 9.59 Å². The third-order valence-electron chi connectivity index (χ3n) is 6.86. The van der Waals surface area contributed by atoms with E-state index in [1.54, 1.807) is 0 Å². The van der Waals surface area contributed by atoms with E-state index in [1.165, 1.54) is 6.92 Å². The maximum Gasteiger partial charge on any atom is 0.259 e. The van der Waals surface area contributed by atoms with E-state index in [4.69, 9.17) is 0 Å². The molecule has 2 aliphatic carbocycles. The molecule has 5 nitrogen and oxygen atoms in total. The Balaban J connectivity index is 2.11. The summed E-state index contributed by atoms with van der Waals surface area (Å²) in [5.41, 5.74) is -0.896. The van der Waals surface area contributed by atoms with E-state index < -0.39 is 29.3 Å². The fourth-order valence-electron chi connectivity index (χ4n) is 5.28. The summed E-state index contributed by atoms with van der Waals surface area (Å²) in [4.78, 5) is 25.3. The number of hydrogen-bond donors (Lipinski definition) is 3. The molecular weight excluding hydrogens is 342 g/mol. The maximum absolute atomic E-state index is 12.8. The number of rotatable bonds is 3. The summed E-state index contributed by atoms with van der Waals surface area (Å²) in [6.07, 6.45) is 10.4. The topological polar surface area (TPSA) is 86.6 Å². The Bertz CT molecular complexity index is 720.